The zero-order valence-corrected chi connectivity index (χ0v) is 17.9. The van der Waals surface area contributed by atoms with Crippen molar-refractivity contribution in [2.45, 2.75) is 65.4 Å². The van der Waals surface area contributed by atoms with Gasteiger partial charge in [0.15, 0.2) is 5.12 Å². The summed E-state index contributed by atoms with van der Waals surface area (Å²) in [5, 5.41) is 3.00. The molecule has 2 aliphatic rings. The highest BCUT2D eigenvalue weighted by Gasteiger charge is 2.32. The van der Waals surface area contributed by atoms with Crippen molar-refractivity contribution in [3.8, 4) is 0 Å². The molecule has 1 aliphatic heterocycles. The predicted octanol–water partition coefficient (Wildman–Crippen LogP) is 3.45. The summed E-state index contributed by atoms with van der Waals surface area (Å²) < 4.78 is 5.28. The topological polar surface area (TPSA) is 75.7 Å². The first-order chi connectivity index (χ1) is 12.6. The van der Waals surface area contributed by atoms with Crippen LogP contribution in [-0.2, 0) is 14.3 Å². The zero-order chi connectivity index (χ0) is 20.0. The van der Waals surface area contributed by atoms with E-state index in [2.05, 4.69) is 5.32 Å². The maximum Gasteiger partial charge on any atom is 0.407 e. The number of amides is 2. The number of rotatable bonds is 6. The summed E-state index contributed by atoms with van der Waals surface area (Å²) >= 11 is 1.33. The third-order valence-electron chi connectivity index (χ3n) is 5.20. The number of likely N-dealkylation sites (tertiary alicyclic amines) is 1. The van der Waals surface area contributed by atoms with E-state index in [1.807, 2.05) is 25.7 Å². The largest absolute Gasteiger partial charge is 0.444 e. The zero-order valence-electron chi connectivity index (χ0n) is 17.1. The minimum atomic E-state index is -0.467. The van der Waals surface area contributed by atoms with Crippen LogP contribution in [-0.4, -0.2) is 53.0 Å². The molecular formula is C20H34N2O4S. The molecule has 1 atom stereocenters. The summed E-state index contributed by atoms with van der Waals surface area (Å²) in [5.74, 6) is 2.33. The van der Waals surface area contributed by atoms with Crippen LogP contribution in [0.4, 0.5) is 4.79 Å². The molecule has 2 amide bonds. The van der Waals surface area contributed by atoms with Crippen molar-refractivity contribution < 1.29 is 19.1 Å². The number of alkyl carbamates (subject to hydrolysis) is 1. The van der Waals surface area contributed by atoms with E-state index < -0.39 is 5.60 Å². The van der Waals surface area contributed by atoms with Gasteiger partial charge in [-0.05, 0) is 64.2 Å². The van der Waals surface area contributed by atoms with E-state index in [0.29, 0.717) is 30.7 Å². The van der Waals surface area contributed by atoms with Gasteiger partial charge < -0.3 is 15.0 Å². The van der Waals surface area contributed by atoms with Gasteiger partial charge in [-0.15, -0.1) is 0 Å². The van der Waals surface area contributed by atoms with Crippen LogP contribution in [0.2, 0.25) is 0 Å². The highest BCUT2D eigenvalue weighted by molar-refractivity contribution is 8.13. The molecule has 1 heterocycles. The summed E-state index contributed by atoms with van der Waals surface area (Å²) in [6.07, 6.45) is 4.57. The number of nitrogens with zero attached hydrogens (tertiary/aromatic N) is 1. The molecule has 1 aliphatic carbocycles. The molecule has 2 fully saturated rings. The Balaban J connectivity index is 1.65. The molecule has 1 saturated heterocycles. The molecule has 0 aromatic carbocycles. The summed E-state index contributed by atoms with van der Waals surface area (Å²) in [6, 6.07) is 0. The molecule has 27 heavy (non-hydrogen) atoms. The van der Waals surface area contributed by atoms with Crippen molar-refractivity contribution in [3.05, 3.63) is 0 Å². The average Bonchev–Trinajstić information content (AvgIpc) is 2.91. The molecule has 1 saturated carbocycles. The normalized spacial score (nSPS) is 26.1. The number of carbonyl (C=O) groups excluding carboxylic acids is 3. The van der Waals surface area contributed by atoms with Crippen LogP contribution in [0.1, 0.15) is 59.8 Å². The van der Waals surface area contributed by atoms with Gasteiger partial charge in [0.2, 0.25) is 5.91 Å². The number of hydrogen-bond donors (Lipinski definition) is 1. The lowest BCUT2D eigenvalue weighted by Gasteiger charge is -2.31. The molecule has 1 N–H and O–H groups in total. The minimum Gasteiger partial charge on any atom is -0.444 e. The van der Waals surface area contributed by atoms with Crippen LogP contribution in [0, 0.1) is 17.8 Å². The highest BCUT2D eigenvalue weighted by Crippen LogP contribution is 2.31. The second-order valence-electron chi connectivity index (χ2n) is 8.94. The lowest BCUT2D eigenvalue weighted by molar-refractivity contribution is -0.128. The Kier molecular flexibility index (Phi) is 8.01. The van der Waals surface area contributed by atoms with Crippen LogP contribution in [0.25, 0.3) is 0 Å². The van der Waals surface area contributed by atoms with Crippen LogP contribution in [0.5, 0.6) is 0 Å². The molecule has 0 aromatic rings. The quantitative estimate of drug-likeness (QED) is 0.742. The van der Waals surface area contributed by atoms with Gasteiger partial charge in [0.1, 0.15) is 5.60 Å². The van der Waals surface area contributed by atoms with E-state index in [-0.39, 0.29) is 17.1 Å². The smallest absolute Gasteiger partial charge is 0.407 e. The van der Waals surface area contributed by atoms with E-state index in [4.69, 9.17) is 4.74 Å². The second kappa shape index (κ2) is 9.80. The Morgan fingerprint density at radius 2 is 1.78 bits per heavy atom. The number of carbonyl (C=O) groups is 3. The lowest BCUT2D eigenvalue weighted by Crippen LogP contribution is -2.37. The summed E-state index contributed by atoms with van der Waals surface area (Å²) in [6.45, 7) is 9.46. The minimum absolute atomic E-state index is 0.124. The van der Waals surface area contributed by atoms with E-state index in [1.165, 1.54) is 11.8 Å². The first-order valence-corrected chi connectivity index (χ1v) is 11.0. The van der Waals surface area contributed by atoms with Gasteiger partial charge in [-0.3, -0.25) is 9.59 Å². The molecule has 154 valence electrons. The van der Waals surface area contributed by atoms with E-state index >= 15 is 0 Å². The van der Waals surface area contributed by atoms with Crippen LogP contribution >= 0.6 is 11.8 Å². The Hall–Kier alpha value is -1.24. The number of ether oxygens (including phenoxy) is 1. The highest BCUT2D eigenvalue weighted by atomic mass is 32.2. The number of nitrogens with one attached hydrogen (secondary N) is 1. The first kappa shape index (κ1) is 22.1. The molecule has 6 nitrogen and oxygen atoms in total. The van der Waals surface area contributed by atoms with Crippen molar-refractivity contribution >= 4 is 28.9 Å². The average molecular weight is 399 g/mol. The lowest BCUT2D eigenvalue weighted by atomic mass is 9.81. The van der Waals surface area contributed by atoms with Crippen molar-refractivity contribution in [3.63, 3.8) is 0 Å². The van der Waals surface area contributed by atoms with Crippen molar-refractivity contribution in [1.82, 2.24) is 10.2 Å². The molecule has 0 aromatic heterocycles. The van der Waals surface area contributed by atoms with Gasteiger partial charge >= 0.3 is 6.09 Å². The molecule has 0 bridgehead atoms. The van der Waals surface area contributed by atoms with Crippen molar-refractivity contribution in [2.75, 3.05) is 25.4 Å². The third-order valence-corrected chi connectivity index (χ3v) is 6.24. The summed E-state index contributed by atoms with van der Waals surface area (Å²) in [4.78, 5) is 37.1. The molecule has 0 radical (unpaired) electrons. The fourth-order valence-electron chi connectivity index (χ4n) is 3.85. The predicted molar refractivity (Wildman–Crippen MR) is 108 cm³/mol. The van der Waals surface area contributed by atoms with Crippen molar-refractivity contribution in [1.29, 1.82) is 0 Å². The SMILES string of the molecule is CC(=O)SCC1CC(=O)N(CC2CCC(CNC(=O)OC(C)(C)C)CC2)C1. The molecular weight excluding hydrogens is 364 g/mol. The van der Waals surface area contributed by atoms with E-state index in [9.17, 15) is 14.4 Å². The fraction of sp³-hybridized carbons (Fsp3) is 0.850. The van der Waals surface area contributed by atoms with Crippen LogP contribution < -0.4 is 5.32 Å². The monoisotopic (exact) mass is 398 g/mol. The molecule has 0 spiro atoms. The van der Waals surface area contributed by atoms with E-state index in [0.717, 1.165) is 44.5 Å². The summed E-state index contributed by atoms with van der Waals surface area (Å²) in [5.41, 5.74) is -0.467. The Bertz CT molecular complexity index is 539. The van der Waals surface area contributed by atoms with Crippen LogP contribution in [0.15, 0.2) is 0 Å². The second-order valence-corrected chi connectivity index (χ2v) is 10.1. The molecule has 1 unspecified atom stereocenters. The molecule has 7 heteroatoms. The van der Waals surface area contributed by atoms with Gasteiger partial charge in [0, 0.05) is 38.7 Å². The Morgan fingerprint density at radius 3 is 2.37 bits per heavy atom. The van der Waals surface area contributed by atoms with Crippen molar-refractivity contribution in [2.24, 2.45) is 17.8 Å². The molecule has 2 rings (SSSR count). The fourth-order valence-corrected chi connectivity index (χ4v) is 4.54. The number of hydrogen-bond acceptors (Lipinski definition) is 5. The van der Waals surface area contributed by atoms with Crippen LogP contribution in [0.3, 0.4) is 0 Å². The third kappa shape index (κ3) is 8.11. The van der Waals surface area contributed by atoms with Gasteiger partial charge in [-0.2, -0.15) is 0 Å². The van der Waals surface area contributed by atoms with Gasteiger partial charge in [0.05, 0.1) is 0 Å². The van der Waals surface area contributed by atoms with Gasteiger partial charge in [-0.1, -0.05) is 11.8 Å². The van der Waals surface area contributed by atoms with Gasteiger partial charge in [0.25, 0.3) is 0 Å². The van der Waals surface area contributed by atoms with E-state index in [1.54, 1.807) is 6.92 Å². The van der Waals surface area contributed by atoms with Gasteiger partial charge in [-0.25, -0.2) is 4.79 Å². The first-order valence-electron chi connectivity index (χ1n) is 10.0. The summed E-state index contributed by atoms with van der Waals surface area (Å²) in [7, 11) is 0. The Morgan fingerprint density at radius 1 is 1.15 bits per heavy atom. The maximum atomic E-state index is 12.2. The maximum absolute atomic E-state index is 12.2. The number of thioether (sulfide) groups is 1. The Labute approximate surface area is 167 Å². The standard InChI is InChI=1S/C20H34N2O4S/c1-14(23)27-13-17-9-18(24)22(12-17)11-16-7-5-15(6-8-16)10-21-19(25)26-20(2,3)4/h15-17H,5-13H2,1-4H3,(H,21,25).